The van der Waals surface area contributed by atoms with Gasteiger partial charge in [0.1, 0.15) is 0 Å². The molecule has 0 saturated heterocycles. The summed E-state index contributed by atoms with van der Waals surface area (Å²) in [5.74, 6) is 0.169. The van der Waals surface area contributed by atoms with E-state index >= 15 is 0 Å². The van der Waals surface area contributed by atoms with Crippen molar-refractivity contribution in [3.63, 3.8) is 0 Å². The Morgan fingerprint density at radius 2 is 2.16 bits per heavy atom. The second-order valence-corrected chi connectivity index (χ2v) is 5.32. The highest BCUT2D eigenvalue weighted by molar-refractivity contribution is 7.98. The first-order chi connectivity index (χ1) is 9.15. The first kappa shape index (κ1) is 15.7. The van der Waals surface area contributed by atoms with Gasteiger partial charge in [0.05, 0.1) is 5.56 Å². The smallest absolute Gasteiger partial charge is 0.173 e. The van der Waals surface area contributed by atoms with Crippen molar-refractivity contribution in [3.8, 4) is 0 Å². The maximum atomic E-state index is 8.96. The van der Waals surface area contributed by atoms with Gasteiger partial charge in [0.25, 0.3) is 0 Å². The van der Waals surface area contributed by atoms with Gasteiger partial charge in [0.15, 0.2) is 5.84 Å². The van der Waals surface area contributed by atoms with Gasteiger partial charge in [-0.3, -0.25) is 0 Å². The molecular weight excluding hydrogens is 258 g/mol. The first-order valence-electron chi connectivity index (χ1n) is 6.51. The summed E-state index contributed by atoms with van der Waals surface area (Å²) >= 11 is 1.60. The van der Waals surface area contributed by atoms with E-state index in [2.05, 4.69) is 17.0 Å². The highest BCUT2D eigenvalue weighted by Crippen LogP contribution is 2.29. The zero-order valence-corrected chi connectivity index (χ0v) is 12.7. The maximum Gasteiger partial charge on any atom is 0.173 e. The van der Waals surface area contributed by atoms with Gasteiger partial charge >= 0.3 is 0 Å². The molecule has 5 heteroatoms. The lowest BCUT2D eigenvalue weighted by molar-refractivity contribution is 0.318. The van der Waals surface area contributed by atoms with Crippen LogP contribution < -0.4 is 10.6 Å². The zero-order valence-electron chi connectivity index (χ0n) is 11.9. The van der Waals surface area contributed by atoms with Crippen LogP contribution in [0.15, 0.2) is 28.3 Å². The van der Waals surface area contributed by atoms with Crippen molar-refractivity contribution in [2.45, 2.75) is 31.1 Å². The number of anilines is 1. The molecule has 0 heterocycles. The van der Waals surface area contributed by atoms with E-state index in [4.69, 9.17) is 10.9 Å². The second-order valence-electron chi connectivity index (χ2n) is 4.47. The fourth-order valence-electron chi connectivity index (χ4n) is 2.03. The fraction of sp³-hybridized carbons (Fsp3) is 0.500. The highest BCUT2D eigenvalue weighted by atomic mass is 32.2. The van der Waals surface area contributed by atoms with Gasteiger partial charge in [-0.05, 0) is 24.8 Å². The molecule has 0 saturated carbocycles. The van der Waals surface area contributed by atoms with Crippen LogP contribution in [0.25, 0.3) is 0 Å². The Morgan fingerprint density at radius 1 is 1.42 bits per heavy atom. The Kier molecular flexibility index (Phi) is 6.56. The van der Waals surface area contributed by atoms with Gasteiger partial charge < -0.3 is 15.8 Å². The lowest BCUT2D eigenvalue weighted by atomic mass is 10.1. The van der Waals surface area contributed by atoms with Crippen molar-refractivity contribution in [2.24, 2.45) is 10.9 Å². The van der Waals surface area contributed by atoms with Gasteiger partial charge in [-0.15, -0.1) is 11.8 Å². The van der Waals surface area contributed by atoms with Crippen molar-refractivity contribution >= 4 is 23.3 Å². The zero-order chi connectivity index (χ0) is 14.3. The van der Waals surface area contributed by atoms with Crippen LogP contribution in [-0.2, 0) is 0 Å². The number of unbranched alkanes of at least 4 members (excludes halogenated alkanes) is 2. The fourth-order valence-corrected chi connectivity index (χ4v) is 2.66. The van der Waals surface area contributed by atoms with Crippen LogP contribution in [0.2, 0.25) is 0 Å². The maximum absolute atomic E-state index is 8.96. The lowest BCUT2D eigenvalue weighted by Crippen LogP contribution is -2.24. The Hall–Kier alpha value is -1.36. The van der Waals surface area contributed by atoms with E-state index in [1.54, 1.807) is 11.8 Å². The monoisotopic (exact) mass is 281 g/mol. The average Bonchev–Trinajstić information content (AvgIpc) is 2.45. The number of benzene rings is 1. The summed E-state index contributed by atoms with van der Waals surface area (Å²) in [5, 5.41) is 12.1. The molecule has 0 fully saturated rings. The summed E-state index contributed by atoms with van der Waals surface area (Å²) in [5.41, 5.74) is 7.65. The first-order valence-corrected chi connectivity index (χ1v) is 7.74. The Labute approximate surface area is 119 Å². The SMILES string of the molecule is CCCCCN(C)c1cccc(SC)c1/C(N)=N/O. The molecule has 0 aliphatic heterocycles. The molecule has 0 unspecified atom stereocenters. The molecule has 0 aliphatic carbocycles. The van der Waals surface area contributed by atoms with Gasteiger partial charge in [0.2, 0.25) is 0 Å². The lowest BCUT2D eigenvalue weighted by Gasteiger charge is -2.23. The number of hydrogen-bond acceptors (Lipinski definition) is 4. The molecule has 1 aromatic rings. The van der Waals surface area contributed by atoms with Crippen molar-refractivity contribution < 1.29 is 5.21 Å². The summed E-state index contributed by atoms with van der Waals surface area (Å²) in [6.45, 7) is 3.16. The Morgan fingerprint density at radius 3 is 2.74 bits per heavy atom. The van der Waals surface area contributed by atoms with Gasteiger partial charge in [-0.2, -0.15) is 0 Å². The molecule has 0 amide bonds. The van der Waals surface area contributed by atoms with E-state index < -0.39 is 0 Å². The van der Waals surface area contributed by atoms with Gasteiger partial charge in [-0.25, -0.2) is 0 Å². The molecule has 0 spiro atoms. The predicted molar refractivity (Wildman–Crippen MR) is 83.5 cm³/mol. The van der Waals surface area contributed by atoms with Gasteiger partial charge in [-0.1, -0.05) is 31.0 Å². The number of rotatable bonds is 7. The molecule has 0 aliphatic rings. The summed E-state index contributed by atoms with van der Waals surface area (Å²) in [4.78, 5) is 3.19. The minimum atomic E-state index is 0.169. The Bertz CT molecular complexity index is 435. The van der Waals surface area contributed by atoms with Crippen LogP contribution in [0.4, 0.5) is 5.69 Å². The van der Waals surface area contributed by atoms with E-state index in [-0.39, 0.29) is 5.84 Å². The minimum Gasteiger partial charge on any atom is -0.409 e. The van der Waals surface area contributed by atoms with E-state index in [9.17, 15) is 0 Å². The van der Waals surface area contributed by atoms with Gasteiger partial charge in [0, 0.05) is 24.2 Å². The Balaban J connectivity index is 3.05. The van der Waals surface area contributed by atoms with Crippen LogP contribution in [0.5, 0.6) is 0 Å². The number of amidine groups is 1. The van der Waals surface area contributed by atoms with Crippen molar-refractivity contribution in [1.29, 1.82) is 0 Å². The number of hydrogen-bond donors (Lipinski definition) is 2. The molecule has 4 nitrogen and oxygen atoms in total. The van der Waals surface area contributed by atoms with Crippen LogP contribution in [0.3, 0.4) is 0 Å². The van der Waals surface area contributed by atoms with Crippen LogP contribution in [0, 0.1) is 0 Å². The molecule has 106 valence electrons. The number of thioether (sulfide) groups is 1. The largest absolute Gasteiger partial charge is 0.409 e. The number of oxime groups is 1. The predicted octanol–water partition coefficient (Wildman–Crippen LogP) is 3.13. The molecule has 0 bridgehead atoms. The average molecular weight is 281 g/mol. The van der Waals surface area contributed by atoms with E-state index in [0.29, 0.717) is 0 Å². The normalized spacial score (nSPS) is 11.6. The third-order valence-electron chi connectivity index (χ3n) is 3.10. The quantitative estimate of drug-likeness (QED) is 0.201. The molecule has 19 heavy (non-hydrogen) atoms. The topological polar surface area (TPSA) is 61.8 Å². The summed E-state index contributed by atoms with van der Waals surface area (Å²) in [6, 6.07) is 6.01. The minimum absolute atomic E-state index is 0.169. The highest BCUT2D eigenvalue weighted by Gasteiger charge is 2.15. The van der Waals surface area contributed by atoms with Crippen molar-refractivity contribution in [1.82, 2.24) is 0 Å². The summed E-state index contributed by atoms with van der Waals surface area (Å²) in [6.07, 6.45) is 5.55. The van der Waals surface area contributed by atoms with Crippen molar-refractivity contribution in [2.75, 3.05) is 24.7 Å². The van der Waals surface area contributed by atoms with Crippen LogP contribution >= 0.6 is 11.8 Å². The molecule has 3 N–H and O–H groups in total. The van der Waals surface area contributed by atoms with E-state index in [0.717, 1.165) is 29.1 Å². The molecule has 0 radical (unpaired) electrons. The molecule has 0 aromatic heterocycles. The molecular formula is C14H23N3OS. The standard InChI is InChI=1S/C14H23N3OS/c1-4-5-6-10-17(2)11-8-7-9-12(19-3)13(11)14(15)16-18/h7-9,18H,4-6,10H2,1-3H3,(H2,15,16). The third kappa shape index (κ3) is 4.06. The van der Waals surface area contributed by atoms with Crippen LogP contribution in [-0.4, -0.2) is 30.9 Å². The van der Waals surface area contributed by atoms with E-state index in [1.807, 2.05) is 31.5 Å². The van der Waals surface area contributed by atoms with Crippen molar-refractivity contribution in [3.05, 3.63) is 23.8 Å². The molecule has 0 atom stereocenters. The molecule has 1 aromatic carbocycles. The number of nitrogens with zero attached hydrogens (tertiary/aromatic N) is 2. The molecule has 1 rings (SSSR count). The summed E-state index contributed by atoms with van der Waals surface area (Å²) in [7, 11) is 2.04. The summed E-state index contributed by atoms with van der Waals surface area (Å²) < 4.78 is 0. The van der Waals surface area contributed by atoms with E-state index in [1.165, 1.54) is 12.8 Å². The second kappa shape index (κ2) is 7.94. The third-order valence-corrected chi connectivity index (χ3v) is 3.88. The van der Waals surface area contributed by atoms with Crippen LogP contribution in [0.1, 0.15) is 31.7 Å². The number of nitrogens with two attached hydrogens (primary N) is 1.